The summed E-state index contributed by atoms with van der Waals surface area (Å²) in [5.41, 5.74) is 0. The molecule has 0 aliphatic rings. The quantitative estimate of drug-likeness (QED) is 0.805. The van der Waals surface area contributed by atoms with Gasteiger partial charge in [0.2, 0.25) is 5.88 Å². The number of pyridine rings is 1. The van der Waals surface area contributed by atoms with Crippen molar-refractivity contribution in [2.45, 2.75) is 6.54 Å². The van der Waals surface area contributed by atoms with E-state index in [9.17, 15) is 0 Å². The van der Waals surface area contributed by atoms with Crippen molar-refractivity contribution in [1.29, 1.82) is 0 Å². The van der Waals surface area contributed by atoms with E-state index in [1.54, 1.807) is 18.0 Å². The minimum absolute atomic E-state index is 0.603. The Hall–Kier alpha value is -2.11. The molecule has 0 aliphatic heterocycles. The van der Waals surface area contributed by atoms with Crippen LogP contribution in [-0.2, 0) is 6.54 Å². The van der Waals surface area contributed by atoms with Crippen molar-refractivity contribution in [3.8, 4) is 5.88 Å². The molecule has 0 atom stereocenters. The van der Waals surface area contributed by atoms with Crippen LogP contribution in [0.1, 0.15) is 0 Å². The predicted octanol–water partition coefficient (Wildman–Crippen LogP) is 0.794. The fourth-order valence-electron chi connectivity index (χ4n) is 1.28. The van der Waals surface area contributed by atoms with Crippen molar-refractivity contribution in [1.82, 2.24) is 20.0 Å². The molecule has 0 saturated carbocycles. The Morgan fingerprint density at radius 2 is 2.38 bits per heavy atom. The summed E-state index contributed by atoms with van der Waals surface area (Å²) in [4.78, 5) is 4.23. The van der Waals surface area contributed by atoms with Gasteiger partial charge < -0.3 is 10.1 Å². The average molecular weight is 219 g/mol. The van der Waals surface area contributed by atoms with E-state index in [-0.39, 0.29) is 0 Å². The summed E-state index contributed by atoms with van der Waals surface area (Å²) in [5.74, 6) is 1.39. The first-order valence-electron chi connectivity index (χ1n) is 4.97. The Morgan fingerprint density at radius 1 is 1.44 bits per heavy atom. The van der Waals surface area contributed by atoms with Gasteiger partial charge in [0.05, 0.1) is 19.9 Å². The molecule has 2 aromatic rings. The molecule has 0 unspecified atom stereocenters. The zero-order valence-corrected chi connectivity index (χ0v) is 9.00. The number of rotatable bonds is 5. The van der Waals surface area contributed by atoms with E-state index in [1.807, 2.05) is 24.4 Å². The number of nitrogens with zero attached hydrogens (tertiary/aromatic N) is 4. The summed E-state index contributed by atoms with van der Waals surface area (Å²) in [6.07, 6.45) is 3.48. The van der Waals surface area contributed by atoms with Crippen LogP contribution in [0.5, 0.6) is 5.88 Å². The second-order valence-electron chi connectivity index (χ2n) is 3.16. The van der Waals surface area contributed by atoms with Crippen LogP contribution in [0.4, 0.5) is 5.82 Å². The SMILES string of the molecule is COc1cccc(NCCn2ccnn2)n1. The molecule has 0 aliphatic carbocycles. The molecule has 0 amide bonds. The van der Waals surface area contributed by atoms with E-state index >= 15 is 0 Å². The summed E-state index contributed by atoms with van der Waals surface area (Å²) in [6, 6.07) is 5.59. The van der Waals surface area contributed by atoms with Crippen LogP contribution in [-0.4, -0.2) is 33.6 Å². The van der Waals surface area contributed by atoms with Gasteiger partial charge in [0.15, 0.2) is 0 Å². The van der Waals surface area contributed by atoms with Crippen LogP contribution in [0.3, 0.4) is 0 Å². The lowest BCUT2D eigenvalue weighted by atomic mass is 10.4. The summed E-state index contributed by atoms with van der Waals surface area (Å²) >= 11 is 0. The largest absolute Gasteiger partial charge is 0.481 e. The van der Waals surface area contributed by atoms with Crippen LogP contribution in [0.2, 0.25) is 0 Å². The standard InChI is InChI=1S/C10H13N5O/c1-16-10-4-2-3-9(13-10)11-5-7-15-8-6-12-14-15/h2-4,6,8H,5,7H2,1H3,(H,11,13). The molecule has 0 saturated heterocycles. The second kappa shape index (κ2) is 5.11. The molecular formula is C10H13N5O. The van der Waals surface area contributed by atoms with Gasteiger partial charge in [0, 0.05) is 18.8 Å². The van der Waals surface area contributed by atoms with Gasteiger partial charge in [-0.3, -0.25) is 4.68 Å². The average Bonchev–Trinajstić information content (AvgIpc) is 2.82. The Balaban J connectivity index is 1.85. The molecule has 0 fully saturated rings. The minimum atomic E-state index is 0.603. The van der Waals surface area contributed by atoms with Gasteiger partial charge in [-0.2, -0.15) is 4.98 Å². The third kappa shape index (κ3) is 2.69. The van der Waals surface area contributed by atoms with Gasteiger partial charge in [-0.25, -0.2) is 0 Å². The molecule has 0 radical (unpaired) electrons. The molecule has 0 aromatic carbocycles. The molecule has 0 spiro atoms. The van der Waals surface area contributed by atoms with Crippen LogP contribution in [0.15, 0.2) is 30.6 Å². The van der Waals surface area contributed by atoms with Crippen LogP contribution >= 0.6 is 0 Å². The lowest BCUT2D eigenvalue weighted by Gasteiger charge is -2.06. The van der Waals surface area contributed by atoms with Gasteiger partial charge in [-0.15, -0.1) is 5.10 Å². The molecule has 6 heteroatoms. The zero-order chi connectivity index (χ0) is 11.2. The van der Waals surface area contributed by atoms with Crippen molar-refractivity contribution in [3.05, 3.63) is 30.6 Å². The van der Waals surface area contributed by atoms with Gasteiger partial charge in [-0.05, 0) is 6.07 Å². The topological polar surface area (TPSA) is 64.9 Å². The van der Waals surface area contributed by atoms with Crippen molar-refractivity contribution in [2.24, 2.45) is 0 Å². The molecule has 2 aromatic heterocycles. The highest BCUT2D eigenvalue weighted by Gasteiger charge is 1.96. The van der Waals surface area contributed by atoms with Gasteiger partial charge in [0.25, 0.3) is 0 Å². The third-order valence-corrected chi connectivity index (χ3v) is 2.05. The normalized spacial score (nSPS) is 10.1. The first kappa shape index (κ1) is 10.4. The van der Waals surface area contributed by atoms with Gasteiger partial charge >= 0.3 is 0 Å². The van der Waals surface area contributed by atoms with Gasteiger partial charge in [0.1, 0.15) is 5.82 Å². The number of methoxy groups -OCH3 is 1. The highest BCUT2D eigenvalue weighted by atomic mass is 16.5. The van der Waals surface area contributed by atoms with E-state index in [2.05, 4.69) is 20.6 Å². The first-order valence-corrected chi connectivity index (χ1v) is 4.97. The lowest BCUT2D eigenvalue weighted by molar-refractivity contribution is 0.398. The van der Waals surface area contributed by atoms with Crippen molar-refractivity contribution in [2.75, 3.05) is 19.0 Å². The van der Waals surface area contributed by atoms with Crippen LogP contribution in [0.25, 0.3) is 0 Å². The third-order valence-electron chi connectivity index (χ3n) is 2.05. The Kier molecular flexibility index (Phi) is 3.32. The summed E-state index contributed by atoms with van der Waals surface area (Å²) < 4.78 is 6.79. The van der Waals surface area contributed by atoms with Crippen molar-refractivity contribution in [3.63, 3.8) is 0 Å². The number of hydrogen-bond donors (Lipinski definition) is 1. The Morgan fingerprint density at radius 3 is 3.12 bits per heavy atom. The van der Waals surface area contributed by atoms with Gasteiger partial charge in [-0.1, -0.05) is 11.3 Å². The smallest absolute Gasteiger partial charge is 0.214 e. The van der Waals surface area contributed by atoms with Crippen LogP contribution < -0.4 is 10.1 Å². The van der Waals surface area contributed by atoms with E-state index in [4.69, 9.17) is 4.74 Å². The molecule has 84 valence electrons. The molecule has 2 heterocycles. The molecule has 0 bridgehead atoms. The van der Waals surface area contributed by atoms with E-state index in [0.29, 0.717) is 5.88 Å². The first-order chi connectivity index (χ1) is 7.88. The van der Waals surface area contributed by atoms with Crippen molar-refractivity contribution >= 4 is 5.82 Å². The number of aromatic nitrogens is 4. The van der Waals surface area contributed by atoms with E-state index < -0.39 is 0 Å². The maximum atomic E-state index is 5.03. The number of anilines is 1. The summed E-state index contributed by atoms with van der Waals surface area (Å²) in [6.45, 7) is 1.49. The minimum Gasteiger partial charge on any atom is -0.481 e. The maximum absolute atomic E-state index is 5.03. The van der Waals surface area contributed by atoms with Crippen molar-refractivity contribution < 1.29 is 4.74 Å². The summed E-state index contributed by atoms with van der Waals surface area (Å²) in [7, 11) is 1.60. The Labute approximate surface area is 93.3 Å². The number of ether oxygens (including phenoxy) is 1. The monoisotopic (exact) mass is 219 g/mol. The highest BCUT2D eigenvalue weighted by Crippen LogP contribution is 2.09. The molecule has 2 rings (SSSR count). The zero-order valence-electron chi connectivity index (χ0n) is 9.00. The summed E-state index contributed by atoms with van der Waals surface area (Å²) in [5, 5.41) is 10.8. The van der Waals surface area contributed by atoms with E-state index in [0.717, 1.165) is 18.9 Å². The highest BCUT2D eigenvalue weighted by molar-refractivity contribution is 5.36. The predicted molar refractivity (Wildman–Crippen MR) is 59.3 cm³/mol. The second-order valence-corrected chi connectivity index (χ2v) is 3.16. The molecule has 6 nitrogen and oxygen atoms in total. The fraction of sp³-hybridized carbons (Fsp3) is 0.300. The number of hydrogen-bond acceptors (Lipinski definition) is 5. The molecular weight excluding hydrogens is 206 g/mol. The molecule has 1 N–H and O–H groups in total. The van der Waals surface area contributed by atoms with E-state index in [1.165, 1.54) is 0 Å². The number of nitrogens with one attached hydrogen (secondary N) is 1. The maximum Gasteiger partial charge on any atom is 0.214 e. The fourth-order valence-corrected chi connectivity index (χ4v) is 1.28. The lowest BCUT2D eigenvalue weighted by Crippen LogP contribution is -2.11. The molecule has 16 heavy (non-hydrogen) atoms. The Bertz CT molecular complexity index is 429. The van der Waals surface area contributed by atoms with Crippen LogP contribution in [0, 0.1) is 0 Å².